The molecule has 0 aliphatic carbocycles. The van der Waals surface area contributed by atoms with Gasteiger partial charge >= 0.3 is 0 Å². The van der Waals surface area contributed by atoms with Crippen LogP contribution in [0.25, 0.3) is 11.1 Å². The van der Waals surface area contributed by atoms with Gasteiger partial charge in [0.05, 0.1) is 28.9 Å². The Morgan fingerprint density at radius 2 is 2.07 bits per heavy atom. The number of aryl methyl sites for hydroxylation is 1. The summed E-state index contributed by atoms with van der Waals surface area (Å²) < 4.78 is 0. The molecule has 0 radical (unpaired) electrons. The zero-order chi connectivity index (χ0) is 20.4. The Hall–Kier alpha value is -2.51. The number of hydrogen-bond acceptors (Lipinski definition) is 6. The number of piperidine rings is 1. The predicted molar refractivity (Wildman–Crippen MR) is 116 cm³/mol. The number of amides is 1. The molecule has 1 atom stereocenters. The maximum Gasteiger partial charge on any atom is 0.229 e. The van der Waals surface area contributed by atoms with Gasteiger partial charge in [0.1, 0.15) is 0 Å². The molecular weight excluding hydrogens is 406 g/mol. The van der Waals surface area contributed by atoms with E-state index in [-0.39, 0.29) is 17.9 Å². The van der Waals surface area contributed by atoms with Gasteiger partial charge in [-0.1, -0.05) is 23.7 Å². The first-order valence-electron chi connectivity index (χ1n) is 9.60. The van der Waals surface area contributed by atoms with Crippen molar-refractivity contribution < 1.29 is 4.79 Å². The number of nitrogens with two attached hydrogens (primary N) is 1. The van der Waals surface area contributed by atoms with Gasteiger partial charge in [-0.05, 0) is 43.9 Å². The van der Waals surface area contributed by atoms with Crippen LogP contribution in [0.2, 0.25) is 5.02 Å². The van der Waals surface area contributed by atoms with Crippen molar-refractivity contribution in [3.63, 3.8) is 0 Å². The molecular formula is C21H22ClN5OS. The molecule has 8 heteroatoms. The second kappa shape index (κ2) is 8.47. The van der Waals surface area contributed by atoms with E-state index in [2.05, 4.69) is 15.0 Å². The first-order valence-corrected chi connectivity index (χ1v) is 10.9. The van der Waals surface area contributed by atoms with E-state index in [4.69, 9.17) is 17.3 Å². The topological polar surface area (TPSA) is 85.0 Å². The molecule has 150 valence electrons. The van der Waals surface area contributed by atoms with Gasteiger partial charge in [-0.25, -0.2) is 15.0 Å². The molecule has 1 saturated heterocycles. The number of hydrogen-bond donors (Lipinski definition) is 1. The van der Waals surface area contributed by atoms with E-state index < -0.39 is 0 Å². The molecule has 1 aliphatic heterocycles. The summed E-state index contributed by atoms with van der Waals surface area (Å²) in [4.78, 5) is 28.3. The summed E-state index contributed by atoms with van der Waals surface area (Å²) in [7, 11) is 0. The lowest BCUT2D eigenvalue weighted by Crippen LogP contribution is -2.40. The zero-order valence-electron chi connectivity index (χ0n) is 16.1. The van der Waals surface area contributed by atoms with E-state index in [0.717, 1.165) is 46.8 Å². The zero-order valence-corrected chi connectivity index (χ0v) is 17.7. The van der Waals surface area contributed by atoms with E-state index in [0.29, 0.717) is 18.0 Å². The average Bonchev–Trinajstić information content (AvgIpc) is 3.13. The fourth-order valence-corrected chi connectivity index (χ4v) is 4.51. The molecule has 1 aromatic carbocycles. The third kappa shape index (κ3) is 4.41. The number of nitrogen functional groups attached to an aromatic ring is 1. The molecule has 2 aromatic heterocycles. The van der Waals surface area contributed by atoms with Gasteiger partial charge in [-0.15, -0.1) is 11.3 Å². The van der Waals surface area contributed by atoms with Gasteiger partial charge < -0.3 is 10.6 Å². The molecule has 4 rings (SSSR count). The minimum absolute atomic E-state index is 0.0687. The molecule has 1 unspecified atom stereocenters. The molecule has 3 heterocycles. The molecule has 3 aromatic rings. The summed E-state index contributed by atoms with van der Waals surface area (Å²) in [6, 6.07) is 7.42. The van der Waals surface area contributed by atoms with Gasteiger partial charge in [0.25, 0.3) is 0 Å². The van der Waals surface area contributed by atoms with E-state index in [1.54, 1.807) is 17.5 Å². The van der Waals surface area contributed by atoms with Crippen LogP contribution in [0.4, 0.5) is 5.95 Å². The van der Waals surface area contributed by atoms with Crippen LogP contribution in [0.5, 0.6) is 0 Å². The van der Waals surface area contributed by atoms with Gasteiger partial charge in [0.15, 0.2) is 0 Å². The third-order valence-corrected chi connectivity index (χ3v) is 6.20. The van der Waals surface area contributed by atoms with Crippen LogP contribution < -0.4 is 5.73 Å². The number of rotatable bonds is 4. The standard InChI is InChI=1S/C21H22ClN5OS/c1-13-25-16(12-29-13)10-19(28)27-9-3-2-4-18(27)20-17(11-24-21(23)26-20)14-5-7-15(22)8-6-14/h5-8,11-12,18H,2-4,9-10H2,1H3,(H2,23,24,26). The summed E-state index contributed by atoms with van der Waals surface area (Å²) in [5, 5.41) is 3.59. The highest BCUT2D eigenvalue weighted by Crippen LogP contribution is 2.36. The summed E-state index contributed by atoms with van der Waals surface area (Å²) in [5.41, 5.74) is 9.38. The summed E-state index contributed by atoms with van der Waals surface area (Å²) in [5.74, 6) is 0.282. The predicted octanol–water partition coefficient (Wildman–Crippen LogP) is 4.44. The molecule has 0 saturated carbocycles. The minimum Gasteiger partial charge on any atom is -0.368 e. The van der Waals surface area contributed by atoms with Crippen molar-refractivity contribution in [2.45, 2.75) is 38.6 Å². The van der Waals surface area contributed by atoms with Crippen LogP contribution in [0, 0.1) is 6.92 Å². The lowest BCUT2D eigenvalue weighted by atomic mass is 9.93. The van der Waals surface area contributed by atoms with Crippen molar-refractivity contribution in [3.8, 4) is 11.1 Å². The number of carbonyl (C=O) groups is 1. The van der Waals surface area contributed by atoms with Crippen molar-refractivity contribution in [1.29, 1.82) is 0 Å². The van der Waals surface area contributed by atoms with Crippen molar-refractivity contribution in [3.05, 3.63) is 57.3 Å². The van der Waals surface area contributed by atoms with Crippen molar-refractivity contribution in [2.75, 3.05) is 12.3 Å². The fraction of sp³-hybridized carbons (Fsp3) is 0.333. The van der Waals surface area contributed by atoms with Crippen LogP contribution in [0.1, 0.15) is 41.7 Å². The number of halogens is 1. The number of thiazole rings is 1. The molecule has 0 spiro atoms. The van der Waals surface area contributed by atoms with E-state index in [1.807, 2.05) is 41.5 Å². The molecule has 1 amide bonds. The van der Waals surface area contributed by atoms with Gasteiger partial charge in [0, 0.05) is 28.7 Å². The highest BCUT2D eigenvalue weighted by molar-refractivity contribution is 7.09. The normalized spacial score (nSPS) is 16.8. The number of nitrogens with zero attached hydrogens (tertiary/aromatic N) is 4. The van der Waals surface area contributed by atoms with Crippen LogP contribution in [-0.4, -0.2) is 32.3 Å². The SMILES string of the molecule is Cc1nc(CC(=O)N2CCCCC2c2nc(N)ncc2-c2ccc(Cl)cc2)cs1. The fourth-order valence-electron chi connectivity index (χ4n) is 3.78. The molecule has 6 nitrogen and oxygen atoms in total. The number of benzene rings is 1. The molecule has 1 fully saturated rings. The number of aromatic nitrogens is 3. The average molecular weight is 428 g/mol. The summed E-state index contributed by atoms with van der Waals surface area (Å²) >= 11 is 7.61. The Kier molecular flexibility index (Phi) is 5.78. The maximum atomic E-state index is 13.1. The monoisotopic (exact) mass is 427 g/mol. The van der Waals surface area contributed by atoms with Crippen LogP contribution in [-0.2, 0) is 11.2 Å². The molecule has 1 aliphatic rings. The summed E-state index contributed by atoms with van der Waals surface area (Å²) in [6.45, 7) is 2.65. The summed E-state index contributed by atoms with van der Waals surface area (Å²) in [6.07, 6.45) is 4.90. The Morgan fingerprint density at radius 3 is 2.79 bits per heavy atom. The van der Waals surface area contributed by atoms with Gasteiger partial charge in [-0.3, -0.25) is 4.79 Å². The lowest BCUT2D eigenvalue weighted by Gasteiger charge is -2.36. The highest BCUT2D eigenvalue weighted by Gasteiger charge is 2.31. The Labute approximate surface area is 178 Å². The Bertz CT molecular complexity index is 1020. The second-order valence-electron chi connectivity index (χ2n) is 7.17. The van der Waals surface area contributed by atoms with E-state index >= 15 is 0 Å². The highest BCUT2D eigenvalue weighted by atomic mass is 35.5. The van der Waals surface area contributed by atoms with Gasteiger partial charge in [-0.2, -0.15) is 0 Å². The first kappa shape index (κ1) is 19.8. The smallest absolute Gasteiger partial charge is 0.229 e. The van der Waals surface area contributed by atoms with Crippen LogP contribution >= 0.6 is 22.9 Å². The molecule has 29 heavy (non-hydrogen) atoms. The minimum atomic E-state index is -0.132. The van der Waals surface area contributed by atoms with Gasteiger partial charge in [0.2, 0.25) is 11.9 Å². The first-order chi connectivity index (χ1) is 14.0. The largest absolute Gasteiger partial charge is 0.368 e. The Balaban J connectivity index is 1.68. The Morgan fingerprint density at radius 1 is 1.28 bits per heavy atom. The quantitative estimate of drug-likeness (QED) is 0.665. The van der Waals surface area contributed by atoms with Crippen LogP contribution in [0.3, 0.4) is 0 Å². The van der Waals surface area contributed by atoms with Crippen LogP contribution in [0.15, 0.2) is 35.8 Å². The van der Waals surface area contributed by atoms with Crippen molar-refractivity contribution >= 4 is 34.8 Å². The molecule has 2 N–H and O–H groups in total. The van der Waals surface area contributed by atoms with Crippen molar-refractivity contribution in [2.24, 2.45) is 0 Å². The van der Waals surface area contributed by atoms with E-state index in [9.17, 15) is 4.79 Å². The van der Waals surface area contributed by atoms with Crippen molar-refractivity contribution in [1.82, 2.24) is 19.9 Å². The number of likely N-dealkylation sites (tertiary alicyclic amines) is 1. The maximum absolute atomic E-state index is 13.1. The molecule has 0 bridgehead atoms. The number of carbonyl (C=O) groups excluding carboxylic acids is 1. The lowest BCUT2D eigenvalue weighted by molar-refractivity contribution is -0.134. The second-order valence-corrected chi connectivity index (χ2v) is 8.67. The third-order valence-electron chi connectivity index (χ3n) is 5.13. The number of anilines is 1. The van der Waals surface area contributed by atoms with E-state index in [1.165, 1.54) is 0 Å².